The fourth-order valence-corrected chi connectivity index (χ4v) is 2.17. The summed E-state index contributed by atoms with van der Waals surface area (Å²) in [7, 11) is 0. The molecule has 0 radical (unpaired) electrons. The number of carbonyl (C=O) groups is 1. The van der Waals surface area contributed by atoms with Crippen LogP contribution in [0.2, 0.25) is 0 Å². The van der Waals surface area contributed by atoms with E-state index in [1.54, 1.807) is 13.0 Å². The first kappa shape index (κ1) is 14.2. The summed E-state index contributed by atoms with van der Waals surface area (Å²) < 4.78 is 5.41. The number of carboxylic acids is 1. The number of hydrogen-bond acceptors (Lipinski definition) is 3. The summed E-state index contributed by atoms with van der Waals surface area (Å²) in [5.41, 5.74) is 2.98. The highest BCUT2D eigenvalue weighted by Gasteiger charge is 2.16. The van der Waals surface area contributed by atoms with E-state index in [0.717, 1.165) is 12.2 Å². The standard InChI is InChI=1S/C16H19NO3/c1-4-17(13-7-5-11(2)6-8-13)10-14-9-12(3)15(20-14)16(18)19/h5-9H,4,10H2,1-3H3,(H,18,19). The van der Waals surface area contributed by atoms with E-state index in [4.69, 9.17) is 9.52 Å². The minimum Gasteiger partial charge on any atom is -0.475 e. The summed E-state index contributed by atoms with van der Waals surface area (Å²) in [6.45, 7) is 7.25. The van der Waals surface area contributed by atoms with Gasteiger partial charge in [0.15, 0.2) is 0 Å². The largest absolute Gasteiger partial charge is 0.475 e. The van der Waals surface area contributed by atoms with E-state index in [2.05, 4.69) is 43.0 Å². The van der Waals surface area contributed by atoms with Crippen LogP contribution in [-0.2, 0) is 6.54 Å². The molecule has 2 aromatic rings. The molecule has 1 heterocycles. The van der Waals surface area contributed by atoms with Crippen LogP contribution in [-0.4, -0.2) is 17.6 Å². The minimum absolute atomic E-state index is 0.0277. The molecule has 0 atom stereocenters. The summed E-state index contributed by atoms with van der Waals surface area (Å²) in [5, 5.41) is 9.01. The van der Waals surface area contributed by atoms with Crippen LogP contribution in [0.1, 0.15) is 34.4 Å². The van der Waals surface area contributed by atoms with Crippen LogP contribution in [0, 0.1) is 13.8 Å². The Bertz CT molecular complexity index is 599. The van der Waals surface area contributed by atoms with Crippen molar-refractivity contribution in [2.24, 2.45) is 0 Å². The zero-order valence-corrected chi connectivity index (χ0v) is 12.0. The molecule has 4 nitrogen and oxygen atoms in total. The first-order valence-electron chi connectivity index (χ1n) is 6.65. The maximum atomic E-state index is 11.0. The Labute approximate surface area is 118 Å². The van der Waals surface area contributed by atoms with Crippen molar-refractivity contribution >= 4 is 11.7 Å². The number of aromatic carboxylic acids is 1. The van der Waals surface area contributed by atoms with Crippen LogP contribution in [0.25, 0.3) is 0 Å². The normalized spacial score (nSPS) is 10.6. The van der Waals surface area contributed by atoms with Crippen molar-refractivity contribution in [2.75, 3.05) is 11.4 Å². The number of benzene rings is 1. The fraction of sp³-hybridized carbons (Fsp3) is 0.312. The molecule has 0 bridgehead atoms. The van der Waals surface area contributed by atoms with Gasteiger partial charge in [-0.25, -0.2) is 4.79 Å². The third-order valence-electron chi connectivity index (χ3n) is 3.29. The molecule has 4 heteroatoms. The molecule has 20 heavy (non-hydrogen) atoms. The van der Waals surface area contributed by atoms with Gasteiger partial charge in [0.2, 0.25) is 5.76 Å². The van der Waals surface area contributed by atoms with Gasteiger partial charge in [-0.3, -0.25) is 0 Å². The predicted octanol–water partition coefficient (Wildman–Crippen LogP) is 3.62. The summed E-state index contributed by atoms with van der Waals surface area (Å²) in [4.78, 5) is 13.1. The molecule has 0 amide bonds. The summed E-state index contributed by atoms with van der Waals surface area (Å²) in [5.74, 6) is -0.325. The second kappa shape index (κ2) is 5.82. The molecule has 0 saturated carbocycles. The Morgan fingerprint density at radius 2 is 1.90 bits per heavy atom. The molecule has 0 unspecified atom stereocenters. The molecule has 1 aromatic carbocycles. The third-order valence-corrected chi connectivity index (χ3v) is 3.29. The molecule has 0 aliphatic heterocycles. The van der Waals surface area contributed by atoms with Gasteiger partial charge in [-0.15, -0.1) is 0 Å². The van der Waals surface area contributed by atoms with Crippen LogP contribution < -0.4 is 4.90 Å². The van der Waals surface area contributed by atoms with E-state index in [9.17, 15) is 4.79 Å². The number of aryl methyl sites for hydroxylation is 2. The lowest BCUT2D eigenvalue weighted by Gasteiger charge is -2.22. The van der Waals surface area contributed by atoms with Gasteiger partial charge in [0.05, 0.1) is 6.54 Å². The van der Waals surface area contributed by atoms with E-state index >= 15 is 0 Å². The highest BCUT2D eigenvalue weighted by atomic mass is 16.4. The van der Waals surface area contributed by atoms with Crippen molar-refractivity contribution in [3.8, 4) is 0 Å². The van der Waals surface area contributed by atoms with Crippen LogP contribution in [0.5, 0.6) is 0 Å². The van der Waals surface area contributed by atoms with Crippen LogP contribution in [0.4, 0.5) is 5.69 Å². The van der Waals surface area contributed by atoms with Crippen molar-refractivity contribution in [1.82, 2.24) is 0 Å². The van der Waals surface area contributed by atoms with Crippen molar-refractivity contribution in [1.29, 1.82) is 0 Å². The highest BCUT2D eigenvalue weighted by Crippen LogP contribution is 2.21. The summed E-state index contributed by atoms with van der Waals surface area (Å²) in [6, 6.07) is 10.0. The molecule has 0 spiro atoms. The van der Waals surface area contributed by atoms with Gasteiger partial charge in [-0.05, 0) is 39.0 Å². The second-order valence-electron chi connectivity index (χ2n) is 4.88. The summed E-state index contributed by atoms with van der Waals surface area (Å²) >= 11 is 0. The maximum absolute atomic E-state index is 11.0. The lowest BCUT2D eigenvalue weighted by atomic mass is 10.2. The number of carboxylic acid groups (broad SMARTS) is 1. The van der Waals surface area contributed by atoms with Gasteiger partial charge < -0.3 is 14.4 Å². The monoisotopic (exact) mass is 273 g/mol. The number of anilines is 1. The molecule has 0 aliphatic carbocycles. The quantitative estimate of drug-likeness (QED) is 0.904. The number of hydrogen-bond donors (Lipinski definition) is 1. The predicted molar refractivity (Wildman–Crippen MR) is 78.3 cm³/mol. The second-order valence-corrected chi connectivity index (χ2v) is 4.88. The van der Waals surface area contributed by atoms with Crippen LogP contribution in [0.3, 0.4) is 0 Å². The smallest absolute Gasteiger partial charge is 0.372 e. The third kappa shape index (κ3) is 3.02. The molecule has 0 saturated heterocycles. The molecule has 1 aromatic heterocycles. The fourth-order valence-electron chi connectivity index (χ4n) is 2.17. The van der Waals surface area contributed by atoms with Crippen molar-refractivity contribution < 1.29 is 14.3 Å². The Kier molecular flexibility index (Phi) is 4.13. The van der Waals surface area contributed by atoms with Crippen molar-refractivity contribution in [3.63, 3.8) is 0 Å². The zero-order chi connectivity index (χ0) is 14.7. The van der Waals surface area contributed by atoms with Gasteiger partial charge in [0.25, 0.3) is 0 Å². The Morgan fingerprint density at radius 1 is 1.25 bits per heavy atom. The van der Waals surface area contributed by atoms with Crippen LogP contribution in [0.15, 0.2) is 34.7 Å². The lowest BCUT2D eigenvalue weighted by molar-refractivity contribution is 0.0659. The first-order valence-corrected chi connectivity index (χ1v) is 6.65. The number of nitrogens with zero attached hydrogens (tertiary/aromatic N) is 1. The topological polar surface area (TPSA) is 53.7 Å². The van der Waals surface area contributed by atoms with Gasteiger partial charge in [-0.2, -0.15) is 0 Å². The first-order chi connectivity index (χ1) is 9.51. The average molecular weight is 273 g/mol. The molecule has 2 rings (SSSR count). The van der Waals surface area contributed by atoms with Crippen molar-refractivity contribution in [2.45, 2.75) is 27.3 Å². The molecular weight excluding hydrogens is 254 g/mol. The number of furan rings is 1. The Hall–Kier alpha value is -2.23. The SMILES string of the molecule is CCN(Cc1cc(C)c(C(=O)O)o1)c1ccc(C)cc1. The van der Waals surface area contributed by atoms with Gasteiger partial charge in [-0.1, -0.05) is 17.7 Å². The van der Waals surface area contributed by atoms with E-state index in [1.807, 2.05) is 0 Å². The number of rotatable bonds is 5. The maximum Gasteiger partial charge on any atom is 0.372 e. The zero-order valence-electron chi connectivity index (χ0n) is 12.0. The molecule has 0 fully saturated rings. The van der Waals surface area contributed by atoms with E-state index in [-0.39, 0.29) is 5.76 Å². The Morgan fingerprint density at radius 3 is 2.40 bits per heavy atom. The van der Waals surface area contributed by atoms with Gasteiger partial charge in [0, 0.05) is 17.8 Å². The van der Waals surface area contributed by atoms with E-state index < -0.39 is 5.97 Å². The summed E-state index contributed by atoms with van der Waals surface area (Å²) in [6.07, 6.45) is 0. The Balaban J connectivity index is 2.20. The molecule has 106 valence electrons. The van der Waals surface area contributed by atoms with Gasteiger partial charge >= 0.3 is 5.97 Å². The van der Waals surface area contributed by atoms with Crippen molar-refractivity contribution in [3.05, 3.63) is 53.0 Å². The van der Waals surface area contributed by atoms with Crippen LogP contribution >= 0.6 is 0 Å². The van der Waals surface area contributed by atoms with Gasteiger partial charge in [0.1, 0.15) is 5.76 Å². The molecular formula is C16H19NO3. The minimum atomic E-state index is -1.02. The highest BCUT2D eigenvalue weighted by molar-refractivity contribution is 5.86. The van der Waals surface area contributed by atoms with E-state index in [1.165, 1.54) is 5.56 Å². The lowest BCUT2D eigenvalue weighted by Crippen LogP contribution is -2.21. The average Bonchev–Trinajstić information content (AvgIpc) is 2.78. The van der Waals surface area contributed by atoms with E-state index in [0.29, 0.717) is 17.9 Å². The molecule has 0 aliphatic rings. The molecule has 1 N–H and O–H groups in total.